The topological polar surface area (TPSA) is 89.3 Å². The number of halogens is 1. The molecule has 8 heteroatoms. The molecule has 24 heavy (non-hydrogen) atoms. The second-order valence-corrected chi connectivity index (χ2v) is 7.55. The lowest BCUT2D eigenvalue weighted by molar-refractivity contribution is 0.0689. The highest BCUT2D eigenvalue weighted by atomic mass is 35.5. The van der Waals surface area contributed by atoms with Gasteiger partial charge in [0.15, 0.2) is 0 Å². The van der Waals surface area contributed by atoms with Crippen molar-refractivity contribution in [3.8, 4) is 0 Å². The van der Waals surface area contributed by atoms with Crippen LogP contribution in [-0.2, 0) is 10.0 Å². The number of hydrogen-bond acceptors (Lipinski definition) is 4. The van der Waals surface area contributed by atoms with Crippen molar-refractivity contribution < 1.29 is 18.3 Å². The highest BCUT2D eigenvalue weighted by molar-refractivity contribution is 7.90. The molecule has 0 unspecified atom stereocenters. The molecule has 0 amide bonds. The molecule has 0 aliphatic rings. The third kappa shape index (κ3) is 2.55. The van der Waals surface area contributed by atoms with Crippen molar-refractivity contribution in [2.75, 3.05) is 0 Å². The van der Waals surface area contributed by atoms with Gasteiger partial charge in [-0.2, -0.15) is 0 Å². The molecule has 0 aliphatic heterocycles. The van der Waals surface area contributed by atoms with E-state index in [1.54, 1.807) is 26.0 Å². The quantitative estimate of drug-likeness (QED) is 0.720. The second-order valence-electron chi connectivity index (χ2n) is 5.41. The Morgan fingerprint density at radius 2 is 1.88 bits per heavy atom. The summed E-state index contributed by atoms with van der Waals surface area (Å²) >= 11 is 5.82. The van der Waals surface area contributed by atoms with Crippen LogP contribution in [-0.4, -0.2) is 28.5 Å². The van der Waals surface area contributed by atoms with Crippen LogP contribution in [0.1, 0.15) is 21.6 Å². The van der Waals surface area contributed by atoms with E-state index in [1.165, 1.54) is 24.3 Å². The number of benzene rings is 1. The lowest BCUT2D eigenvalue weighted by Gasteiger charge is -2.12. The summed E-state index contributed by atoms with van der Waals surface area (Å²) in [5.74, 6) is -1.36. The van der Waals surface area contributed by atoms with Gasteiger partial charge < -0.3 is 5.11 Å². The van der Waals surface area contributed by atoms with E-state index in [2.05, 4.69) is 4.98 Å². The van der Waals surface area contributed by atoms with Crippen molar-refractivity contribution in [2.45, 2.75) is 18.7 Å². The van der Waals surface area contributed by atoms with E-state index < -0.39 is 16.0 Å². The zero-order valence-electron chi connectivity index (χ0n) is 12.8. The zero-order valence-corrected chi connectivity index (χ0v) is 14.4. The van der Waals surface area contributed by atoms with Crippen molar-refractivity contribution in [1.29, 1.82) is 0 Å². The summed E-state index contributed by atoms with van der Waals surface area (Å²) in [4.78, 5) is 15.6. The Hall–Kier alpha value is -2.38. The molecule has 2 heterocycles. The Labute approximate surface area is 143 Å². The summed E-state index contributed by atoms with van der Waals surface area (Å²) in [6.45, 7) is 3.43. The number of aromatic carboxylic acids is 1. The standard InChI is InChI=1S/C16H13ClN2O4S/c1-9-3-4-10(2)14(7-9)24(22,23)19-12-5-6-15(17)18-11(12)8-13(19)16(20)21/h3-8H,1-2H3,(H,20,21). The average molecular weight is 365 g/mol. The minimum Gasteiger partial charge on any atom is -0.477 e. The highest BCUT2D eigenvalue weighted by Gasteiger charge is 2.28. The lowest BCUT2D eigenvalue weighted by atomic mass is 10.2. The molecule has 0 spiro atoms. The molecule has 1 aromatic carbocycles. The number of pyridine rings is 1. The Bertz CT molecular complexity index is 1090. The lowest BCUT2D eigenvalue weighted by Crippen LogP contribution is -2.19. The van der Waals surface area contributed by atoms with Gasteiger partial charge >= 0.3 is 5.97 Å². The van der Waals surface area contributed by atoms with Crippen molar-refractivity contribution >= 4 is 38.6 Å². The van der Waals surface area contributed by atoms with E-state index in [0.29, 0.717) is 5.56 Å². The predicted molar refractivity (Wildman–Crippen MR) is 90.2 cm³/mol. The molecule has 0 radical (unpaired) electrons. The number of fused-ring (bicyclic) bond motifs is 1. The Morgan fingerprint density at radius 3 is 2.54 bits per heavy atom. The number of aromatic nitrogens is 2. The average Bonchev–Trinajstić information content (AvgIpc) is 2.89. The van der Waals surface area contributed by atoms with Crippen LogP contribution in [0.4, 0.5) is 0 Å². The monoisotopic (exact) mass is 364 g/mol. The molecule has 0 bridgehead atoms. The molecule has 6 nitrogen and oxygen atoms in total. The summed E-state index contributed by atoms with van der Waals surface area (Å²) in [5, 5.41) is 9.58. The predicted octanol–water partition coefficient (Wildman–Crippen LogP) is 3.24. The van der Waals surface area contributed by atoms with Crippen molar-refractivity contribution in [2.24, 2.45) is 0 Å². The summed E-state index contributed by atoms with van der Waals surface area (Å²) < 4.78 is 27.1. The van der Waals surface area contributed by atoms with Crippen LogP contribution in [0.5, 0.6) is 0 Å². The Kier molecular flexibility index (Phi) is 3.85. The van der Waals surface area contributed by atoms with Crippen LogP contribution in [0.2, 0.25) is 5.15 Å². The molecule has 0 fully saturated rings. The van der Waals surface area contributed by atoms with Gasteiger partial charge in [0.25, 0.3) is 10.0 Å². The molecule has 124 valence electrons. The van der Waals surface area contributed by atoms with Crippen molar-refractivity contribution in [3.63, 3.8) is 0 Å². The molecule has 0 aliphatic carbocycles. The number of rotatable bonds is 3. The molecule has 0 saturated heterocycles. The molecule has 1 N–H and O–H groups in total. The van der Waals surface area contributed by atoms with Crippen LogP contribution in [0, 0.1) is 13.8 Å². The Morgan fingerprint density at radius 1 is 1.17 bits per heavy atom. The molecule has 0 saturated carbocycles. The molecule has 3 aromatic rings. The zero-order chi connectivity index (χ0) is 17.6. The third-order valence-electron chi connectivity index (χ3n) is 3.66. The summed E-state index contributed by atoms with van der Waals surface area (Å²) in [6.07, 6.45) is 0. The number of aryl methyl sites for hydroxylation is 2. The maximum atomic E-state index is 13.1. The Balaban J connectivity index is 2.41. The van der Waals surface area contributed by atoms with Crippen LogP contribution in [0.25, 0.3) is 11.0 Å². The van der Waals surface area contributed by atoms with Gasteiger partial charge in [0.1, 0.15) is 10.8 Å². The van der Waals surface area contributed by atoms with Gasteiger partial charge in [-0.3, -0.25) is 0 Å². The van der Waals surface area contributed by atoms with Crippen LogP contribution >= 0.6 is 11.6 Å². The van der Waals surface area contributed by atoms with Gasteiger partial charge in [0, 0.05) is 0 Å². The highest BCUT2D eigenvalue weighted by Crippen LogP contribution is 2.28. The fourth-order valence-electron chi connectivity index (χ4n) is 2.53. The van der Waals surface area contributed by atoms with Crippen molar-refractivity contribution in [3.05, 3.63) is 58.4 Å². The maximum Gasteiger partial charge on any atom is 0.353 e. The number of carboxylic acids is 1. The van der Waals surface area contributed by atoms with E-state index >= 15 is 0 Å². The van der Waals surface area contributed by atoms with E-state index in [0.717, 1.165) is 9.54 Å². The van der Waals surface area contributed by atoms with Crippen molar-refractivity contribution in [1.82, 2.24) is 8.96 Å². The number of carboxylic acid groups (broad SMARTS) is 1. The van der Waals surface area contributed by atoms with Crippen LogP contribution in [0.15, 0.2) is 41.3 Å². The maximum absolute atomic E-state index is 13.1. The number of nitrogens with zero attached hydrogens (tertiary/aromatic N) is 2. The van der Waals surface area contributed by atoms with Crippen LogP contribution in [0.3, 0.4) is 0 Å². The van der Waals surface area contributed by atoms with Gasteiger partial charge in [-0.25, -0.2) is 22.2 Å². The third-order valence-corrected chi connectivity index (χ3v) is 5.74. The van der Waals surface area contributed by atoms with Crippen LogP contribution < -0.4 is 0 Å². The fraction of sp³-hybridized carbons (Fsp3) is 0.125. The molecular weight excluding hydrogens is 352 g/mol. The minimum atomic E-state index is -4.11. The van der Waals surface area contributed by atoms with Gasteiger partial charge in [-0.1, -0.05) is 23.7 Å². The molecule has 2 aromatic heterocycles. The first-order valence-corrected chi connectivity index (χ1v) is 8.78. The van der Waals surface area contributed by atoms with E-state index in [-0.39, 0.29) is 26.8 Å². The smallest absolute Gasteiger partial charge is 0.353 e. The van der Waals surface area contributed by atoms with E-state index in [9.17, 15) is 18.3 Å². The number of hydrogen-bond donors (Lipinski definition) is 1. The molecular formula is C16H13ClN2O4S. The first kappa shape index (κ1) is 16.5. The summed E-state index contributed by atoms with van der Waals surface area (Å²) in [6, 6.07) is 9.06. The van der Waals surface area contributed by atoms with E-state index in [4.69, 9.17) is 11.6 Å². The normalized spacial score (nSPS) is 11.8. The SMILES string of the molecule is Cc1ccc(C)c(S(=O)(=O)n2c(C(=O)O)cc3nc(Cl)ccc32)c1. The largest absolute Gasteiger partial charge is 0.477 e. The van der Waals surface area contributed by atoms with Gasteiger partial charge in [-0.15, -0.1) is 0 Å². The number of carbonyl (C=O) groups is 1. The van der Waals surface area contributed by atoms with E-state index in [1.807, 2.05) is 0 Å². The van der Waals surface area contributed by atoms with Gasteiger partial charge in [0.05, 0.1) is 15.9 Å². The minimum absolute atomic E-state index is 0.0532. The van der Waals surface area contributed by atoms with Gasteiger partial charge in [-0.05, 0) is 49.2 Å². The van der Waals surface area contributed by atoms with Gasteiger partial charge in [0.2, 0.25) is 0 Å². The summed E-state index contributed by atoms with van der Waals surface area (Å²) in [7, 11) is -4.11. The first-order valence-electron chi connectivity index (χ1n) is 6.96. The first-order chi connectivity index (χ1) is 11.2. The summed E-state index contributed by atoms with van der Waals surface area (Å²) in [5.41, 5.74) is 1.27. The molecule has 3 rings (SSSR count). The second kappa shape index (κ2) is 5.61. The molecule has 0 atom stereocenters. The fourth-order valence-corrected chi connectivity index (χ4v) is 4.49.